The van der Waals surface area contributed by atoms with Crippen molar-refractivity contribution >= 4 is 45.9 Å². The van der Waals surface area contributed by atoms with Crippen LogP contribution in [0, 0.1) is 0 Å². The van der Waals surface area contributed by atoms with Crippen molar-refractivity contribution in [2.24, 2.45) is 10.8 Å². The van der Waals surface area contributed by atoms with Gasteiger partial charge in [0.15, 0.2) is 5.37 Å². The number of nitrogens with two attached hydrogens (primary N) is 1. The molecule has 2 N–H and O–H groups in total. The number of piperidine rings is 1. The molecule has 0 aliphatic carbocycles. The van der Waals surface area contributed by atoms with Gasteiger partial charge in [-0.2, -0.15) is 5.10 Å². The first kappa shape index (κ1) is 25.1. The molecule has 2 fully saturated rings. The summed E-state index contributed by atoms with van der Waals surface area (Å²) in [4.78, 5) is 29.5. The molecule has 0 radical (unpaired) electrons. The highest BCUT2D eigenvalue weighted by Crippen LogP contribution is 2.34. The minimum atomic E-state index is -0.588. The number of amides is 2. The monoisotopic (exact) mass is 525 g/mol. The quantitative estimate of drug-likeness (QED) is 0.557. The fraction of sp³-hybridized carbons (Fsp3) is 0.444. The van der Waals surface area contributed by atoms with E-state index in [2.05, 4.69) is 17.0 Å². The van der Waals surface area contributed by atoms with Gasteiger partial charge >= 0.3 is 0 Å². The van der Waals surface area contributed by atoms with Gasteiger partial charge in [-0.3, -0.25) is 19.5 Å². The number of benzene rings is 2. The van der Waals surface area contributed by atoms with Gasteiger partial charge in [0.1, 0.15) is 0 Å². The minimum absolute atomic E-state index is 0.0433. The Morgan fingerprint density at radius 2 is 1.69 bits per heavy atom. The summed E-state index contributed by atoms with van der Waals surface area (Å²) in [7, 11) is 0. The number of thioether (sulfide) groups is 1. The van der Waals surface area contributed by atoms with Crippen molar-refractivity contribution in [3.05, 3.63) is 64.7 Å². The number of hydrogen-bond donors (Lipinski definition) is 1. The van der Waals surface area contributed by atoms with Gasteiger partial charge in [-0.05, 0) is 67.7 Å². The van der Waals surface area contributed by atoms with Gasteiger partial charge in [-0.25, -0.2) is 0 Å². The molecule has 0 saturated carbocycles. The molecule has 2 aromatic carbocycles. The number of nitrogens with zero attached hydrogens (tertiary/aromatic N) is 4. The topological polar surface area (TPSA) is 82.2 Å². The predicted octanol–water partition coefficient (Wildman–Crippen LogP) is 4.24. The lowest BCUT2D eigenvalue weighted by Gasteiger charge is -2.27. The van der Waals surface area contributed by atoms with Crippen molar-refractivity contribution in [3.63, 3.8) is 0 Å². The van der Waals surface area contributed by atoms with Crippen LogP contribution >= 0.6 is 23.4 Å². The van der Waals surface area contributed by atoms with Crippen molar-refractivity contribution < 1.29 is 9.59 Å². The highest BCUT2D eigenvalue weighted by Gasteiger charge is 2.42. The first-order chi connectivity index (χ1) is 17.5. The van der Waals surface area contributed by atoms with Crippen LogP contribution in [0.4, 0.5) is 5.69 Å². The zero-order chi connectivity index (χ0) is 25.1. The molecule has 2 atom stereocenters. The van der Waals surface area contributed by atoms with Gasteiger partial charge in [-0.1, -0.05) is 54.0 Å². The maximum absolute atomic E-state index is 12.9. The van der Waals surface area contributed by atoms with E-state index in [-0.39, 0.29) is 11.9 Å². The van der Waals surface area contributed by atoms with Crippen molar-refractivity contribution in [2.75, 3.05) is 24.5 Å². The Balaban J connectivity index is 1.22. The first-order valence-corrected chi connectivity index (χ1v) is 13.9. The number of aryl methyl sites for hydroxylation is 1. The van der Waals surface area contributed by atoms with Crippen LogP contribution in [0.5, 0.6) is 0 Å². The van der Waals surface area contributed by atoms with Gasteiger partial charge in [-0.15, -0.1) is 0 Å². The largest absolute Gasteiger partial charge is 0.367 e. The number of hydrazone groups is 1. The molecule has 2 amide bonds. The molecule has 0 aromatic heterocycles. The van der Waals surface area contributed by atoms with E-state index < -0.39 is 11.3 Å². The summed E-state index contributed by atoms with van der Waals surface area (Å²) in [6.45, 7) is 3.76. The molecule has 1 unspecified atom stereocenters. The van der Waals surface area contributed by atoms with Crippen LogP contribution in [0.15, 0.2) is 53.6 Å². The molecule has 0 bridgehead atoms. The summed E-state index contributed by atoms with van der Waals surface area (Å²) >= 11 is 7.37. The van der Waals surface area contributed by atoms with Crippen LogP contribution in [-0.2, 0) is 22.6 Å². The Morgan fingerprint density at radius 3 is 2.39 bits per heavy atom. The number of rotatable bonds is 8. The van der Waals surface area contributed by atoms with Crippen molar-refractivity contribution in [1.29, 1.82) is 0 Å². The molecule has 3 aliphatic rings. The average Bonchev–Trinajstić information content (AvgIpc) is 3.49. The SMILES string of the molecule is NC(=O)C1SC(CCc2ccc(Cl)cc2)=NN1[C@@H]1CC(=O)N(c2ccc(CN3CCCCC3)cc2)C1. The molecule has 2 saturated heterocycles. The third kappa shape index (κ3) is 5.88. The fourth-order valence-corrected chi connectivity index (χ4v) is 6.32. The summed E-state index contributed by atoms with van der Waals surface area (Å²) in [5.41, 5.74) is 9.03. The van der Waals surface area contributed by atoms with Crippen LogP contribution in [0.3, 0.4) is 0 Å². The van der Waals surface area contributed by atoms with E-state index in [1.807, 2.05) is 36.4 Å². The van der Waals surface area contributed by atoms with E-state index in [4.69, 9.17) is 22.4 Å². The fourth-order valence-electron chi connectivity index (χ4n) is 5.13. The highest BCUT2D eigenvalue weighted by molar-refractivity contribution is 8.15. The smallest absolute Gasteiger partial charge is 0.252 e. The Bertz CT molecular complexity index is 1120. The molecule has 0 spiro atoms. The van der Waals surface area contributed by atoms with E-state index in [0.717, 1.165) is 42.3 Å². The van der Waals surface area contributed by atoms with Gasteiger partial charge in [0.05, 0.1) is 17.5 Å². The molecule has 7 nitrogen and oxygen atoms in total. The molecule has 3 heterocycles. The molecule has 3 aliphatic heterocycles. The molecule has 2 aromatic rings. The normalized spacial score (nSPS) is 22.8. The Hall–Kier alpha value is -2.55. The highest BCUT2D eigenvalue weighted by atomic mass is 35.5. The lowest BCUT2D eigenvalue weighted by atomic mass is 10.1. The van der Waals surface area contributed by atoms with E-state index in [0.29, 0.717) is 24.4 Å². The number of likely N-dealkylation sites (tertiary alicyclic amines) is 1. The van der Waals surface area contributed by atoms with Crippen molar-refractivity contribution in [3.8, 4) is 0 Å². The predicted molar refractivity (Wildman–Crippen MR) is 146 cm³/mol. The molecular weight excluding hydrogens is 494 g/mol. The first-order valence-electron chi connectivity index (χ1n) is 12.6. The summed E-state index contributed by atoms with van der Waals surface area (Å²) in [5.74, 6) is -0.389. The zero-order valence-corrected chi connectivity index (χ0v) is 21.9. The third-order valence-electron chi connectivity index (χ3n) is 7.08. The summed E-state index contributed by atoms with van der Waals surface area (Å²) in [6.07, 6.45) is 5.68. The van der Waals surface area contributed by atoms with Gasteiger partial charge in [0, 0.05) is 30.2 Å². The third-order valence-corrected chi connectivity index (χ3v) is 8.56. The number of primary amides is 1. The van der Waals surface area contributed by atoms with E-state index in [9.17, 15) is 9.59 Å². The van der Waals surface area contributed by atoms with E-state index in [1.54, 1.807) is 9.91 Å². The van der Waals surface area contributed by atoms with Gasteiger partial charge < -0.3 is 10.6 Å². The zero-order valence-electron chi connectivity index (χ0n) is 20.3. The second-order valence-corrected chi connectivity index (χ2v) is 11.3. The Kier molecular flexibility index (Phi) is 7.84. The van der Waals surface area contributed by atoms with Crippen LogP contribution in [0.2, 0.25) is 5.02 Å². The number of hydrogen-bond acceptors (Lipinski definition) is 6. The number of carbonyl (C=O) groups is 2. The average molecular weight is 526 g/mol. The second-order valence-electron chi connectivity index (χ2n) is 9.74. The molecule has 5 rings (SSSR count). The van der Waals surface area contributed by atoms with Crippen LogP contribution < -0.4 is 10.6 Å². The second kappa shape index (κ2) is 11.2. The van der Waals surface area contributed by atoms with Gasteiger partial charge in [0.25, 0.3) is 5.91 Å². The van der Waals surface area contributed by atoms with Crippen LogP contribution in [0.25, 0.3) is 0 Å². The maximum Gasteiger partial charge on any atom is 0.252 e. The van der Waals surface area contributed by atoms with Crippen LogP contribution in [-0.4, -0.2) is 57.8 Å². The van der Waals surface area contributed by atoms with Crippen molar-refractivity contribution in [1.82, 2.24) is 9.91 Å². The van der Waals surface area contributed by atoms with E-state index in [1.165, 1.54) is 36.6 Å². The lowest BCUT2D eigenvalue weighted by Crippen LogP contribution is -2.44. The molecule has 190 valence electrons. The summed E-state index contributed by atoms with van der Waals surface area (Å²) in [6, 6.07) is 15.9. The van der Waals surface area contributed by atoms with Gasteiger partial charge in [0.2, 0.25) is 5.91 Å². The van der Waals surface area contributed by atoms with Crippen LogP contribution in [0.1, 0.15) is 43.2 Å². The number of carbonyl (C=O) groups excluding carboxylic acids is 2. The summed E-state index contributed by atoms with van der Waals surface area (Å²) < 4.78 is 0. The summed E-state index contributed by atoms with van der Waals surface area (Å²) in [5, 5.41) is 7.49. The Labute approximate surface area is 221 Å². The van der Waals surface area contributed by atoms with Crippen molar-refractivity contribution in [2.45, 2.75) is 56.5 Å². The maximum atomic E-state index is 12.9. The number of halogens is 1. The number of anilines is 1. The molecule has 36 heavy (non-hydrogen) atoms. The minimum Gasteiger partial charge on any atom is -0.367 e. The molecular formula is C27H32ClN5O2S. The van der Waals surface area contributed by atoms with E-state index >= 15 is 0 Å². The lowest BCUT2D eigenvalue weighted by molar-refractivity contribution is -0.121. The Morgan fingerprint density at radius 1 is 1.00 bits per heavy atom. The molecule has 9 heteroatoms. The standard InChI is InChI=1S/C27H32ClN5O2S/c28-21-9-4-19(5-10-21)8-13-24-30-33(27(36-24)26(29)35)23-16-25(34)32(18-23)22-11-6-20(7-12-22)17-31-14-2-1-3-15-31/h4-7,9-12,23,27H,1-3,8,13-18H2,(H2,29,35)/t23-,27?/m1/s1.